The highest BCUT2D eigenvalue weighted by Crippen LogP contribution is 2.23. The van der Waals surface area contributed by atoms with Gasteiger partial charge in [-0.2, -0.15) is 0 Å². The van der Waals surface area contributed by atoms with Gasteiger partial charge in [0.25, 0.3) is 0 Å². The van der Waals surface area contributed by atoms with E-state index in [1.54, 1.807) is 7.05 Å². The fraction of sp³-hybridized carbons (Fsp3) is 0.833. The molecule has 1 aliphatic rings. The zero-order valence-electron chi connectivity index (χ0n) is 10.7. The van der Waals surface area contributed by atoms with Crippen LogP contribution in [0, 0.1) is 11.3 Å². The van der Waals surface area contributed by atoms with E-state index in [-0.39, 0.29) is 23.1 Å². The van der Waals surface area contributed by atoms with E-state index in [0.717, 1.165) is 19.4 Å². The molecule has 0 aliphatic carbocycles. The van der Waals surface area contributed by atoms with Crippen LogP contribution < -0.4 is 5.32 Å². The van der Waals surface area contributed by atoms with Crippen LogP contribution >= 0.6 is 0 Å². The van der Waals surface area contributed by atoms with E-state index in [1.165, 1.54) is 0 Å². The number of hydrogen-bond acceptors (Lipinski definition) is 2. The molecule has 1 heterocycles. The molecule has 4 nitrogen and oxygen atoms in total. The number of piperidine rings is 1. The predicted molar refractivity (Wildman–Crippen MR) is 62.8 cm³/mol. The summed E-state index contributed by atoms with van der Waals surface area (Å²) in [6, 6.07) is 0. The van der Waals surface area contributed by atoms with Crippen molar-refractivity contribution in [3.8, 4) is 0 Å². The summed E-state index contributed by atoms with van der Waals surface area (Å²) in [6.45, 7) is 7.09. The molecule has 92 valence electrons. The van der Waals surface area contributed by atoms with E-state index in [9.17, 15) is 9.59 Å². The van der Waals surface area contributed by atoms with Crippen LogP contribution in [0.1, 0.15) is 33.6 Å². The minimum Gasteiger partial charge on any atom is -0.359 e. The summed E-state index contributed by atoms with van der Waals surface area (Å²) in [7, 11) is 1.65. The van der Waals surface area contributed by atoms with E-state index in [2.05, 4.69) is 5.32 Å². The van der Waals surface area contributed by atoms with Gasteiger partial charge in [-0.05, 0) is 12.8 Å². The number of carbonyl (C=O) groups is 2. The Balaban J connectivity index is 2.64. The van der Waals surface area contributed by atoms with Crippen molar-refractivity contribution >= 4 is 11.8 Å². The molecule has 1 saturated heterocycles. The Morgan fingerprint density at radius 1 is 1.31 bits per heavy atom. The minimum absolute atomic E-state index is 0.0370. The van der Waals surface area contributed by atoms with Crippen molar-refractivity contribution in [2.75, 3.05) is 20.1 Å². The number of hydrogen-bond donors (Lipinski definition) is 1. The SMILES string of the molecule is CNC(=O)C1CCCN(C(=O)C(C)(C)C)C1. The Labute approximate surface area is 97.4 Å². The minimum atomic E-state index is -0.357. The van der Waals surface area contributed by atoms with Crippen LogP contribution in [0.15, 0.2) is 0 Å². The van der Waals surface area contributed by atoms with Crippen LogP contribution in [0.2, 0.25) is 0 Å². The summed E-state index contributed by atoms with van der Waals surface area (Å²) in [6.07, 6.45) is 1.80. The van der Waals surface area contributed by atoms with E-state index in [4.69, 9.17) is 0 Å². The van der Waals surface area contributed by atoms with E-state index >= 15 is 0 Å². The van der Waals surface area contributed by atoms with E-state index < -0.39 is 0 Å². The van der Waals surface area contributed by atoms with Gasteiger partial charge in [0.05, 0.1) is 5.92 Å². The topological polar surface area (TPSA) is 49.4 Å². The van der Waals surface area contributed by atoms with Gasteiger partial charge in [0.15, 0.2) is 0 Å². The molecular formula is C12H22N2O2. The van der Waals surface area contributed by atoms with Gasteiger partial charge in [0.1, 0.15) is 0 Å². The lowest BCUT2D eigenvalue weighted by molar-refractivity contribution is -0.142. The van der Waals surface area contributed by atoms with Gasteiger partial charge in [-0.15, -0.1) is 0 Å². The second kappa shape index (κ2) is 4.85. The molecule has 1 rings (SSSR count). The van der Waals surface area contributed by atoms with Crippen molar-refractivity contribution in [3.63, 3.8) is 0 Å². The Morgan fingerprint density at radius 2 is 1.94 bits per heavy atom. The first-order valence-electron chi connectivity index (χ1n) is 5.87. The molecule has 1 atom stereocenters. The highest BCUT2D eigenvalue weighted by atomic mass is 16.2. The van der Waals surface area contributed by atoms with Crippen molar-refractivity contribution in [2.24, 2.45) is 11.3 Å². The summed E-state index contributed by atoms with van der Waals surface area (Å²) in [5, 5.41) is 2.66. The first kappa shape index (κ1) is 13.0. The fourth-order valence-electron chi connectivity index (χ4n) is 2.05. The number of amides is 2. The van der Waals surface area contributed by atoms with Crippen molar-refractivity contribution in [1.82, 2.24) is 10.2 Å². The van der Waals surface area contributed by atoms with Gasteiger partial charge in [-0.3, -0.25) is 9.59 Å². The summed E-state index contributed by atoms with van der Waals surface area (Å²) in [5.41, 5.74) is -0.357. The third kappa shape index (κ3) is 2.97. The molecule has 0 aromatic rings. The zero-order valence-corrected chi connectivity index (χ0v) is 10.7. The average Bonchev–Trinajstić information content (AvgIpc) is 2.26. The van der Waals surface area contributed by atoms with Crippen LogP contribution in [-0.4, -0.2) is 36.9 Å². The number of nitrogens with one attached hydrogen (secondary N) is 1. The third-order valence-corrected chi connectivity index (χ3v) is 2.97. The van der Waals surface area contributed by atoms with Crippen molar-refractivity contribution in [2.45, 2.75) is 33.6 Å². The molecule has 1 aliphatic heterocycles. The third-order valence-electron chi connectivity index (χ3n) is 2.97. The maximum atomic E-state index is 12.1. The normalized spacial score (nSPS) is 21.8. The van der Waals surface area contributed by atoms with Gasteiger partial charge >= 0.3 is 0 Å². The molecule has 1 N–H and O–H groups in total. The Hall–Kier alpha value is -1.06. The molecule has 0 saturated carbocycles. The highest BCUT2D eigenvalue weighted by molar-refractivity contribution is 5.83. The predicted octanol–water partition coefficient (Wildman–Crippen LogP) is 1.02. The molecule has 1 fully saturated rings. The molecule has 1 unspecified atom stereocenters. The summed E-state index contributed by atoms with van der Waals surface area (Å²) in [4.78, 5) is 25.4. The fourth-order valence-corrected chi connectivity index (χ4v) is 2.05. The summed E-state index contributed by atoms with van der Waals surface area (Å²) >= 11 is 0. The van der Waals surface area contributed by atoms with Crippen LogP contribution in [0.5, 0.6) is 0 Å². The Morgan fingerprint density at radius 3 is 2.44 bits per heavy atom. The zero-order chi connectivity index (χ0) is 12.3. The van der Waals surface area contributed by atoms with Gasteiger partial charge in [0, 0.05) is 25.6 Å². The highest BCUT2D eigenvalue weighted by Gasteiger charge is 2.32. The first-order chi connectivity index (χ1) is 7.36. The van der Waals surface area contributed by atoms with Crippen LogP contribution in [0.4, 0.5) is 0 Å². The smallest absolute Gasteiger partial charge is 0.227 e. The van der Waals surface area contributed by atoms with Gasteiger partial charge in [-0.25, -0.2) is 0 Å². The maximum absolute atomic E-state index is 12.1. The number of likely N-dealkylation sites (tertiary alicyclic amines) is 1. The number of carbonyl (C=O) groups excluding carboxylic acids is 2. The molecule has 0 aromatic carbocycles. The molecular weight excluding hydrogens is 204 g/mol. The molecule has 0 aromatic heterocycles. The van der Waals surface area contributed by atoms with Crippen LogP contribution in [0.3, 0.4) is 0 Å². The Bertz CT molecular complexity index is 281. The lowest BCUT2D eigenvalue weighted by Crippen LogP contribution is -2.48. The second-order valence-corrected chi connectivity index (χ2v) is 5.45. The van der Waals surface area contributed by atoms with E-state index in [0.29, 0.717) is 6.54 Å². The average molecular weight is 226 g/mol. The van der Waals surface area contributed by atoms with Gasteiger partial charge in [-0.1, -0.05) is 20.8 Å². The molecule has 0 bridgehead atoms. The standard InChI is InChI=1S/C12H22N2O2/c1-12(2,3)11(16)14-7-5-6-9(8-14)10(15)13-4/h9H,5-8H2,1-4H3,(H,13,15). The molecule has 0 radical (unpaired) electrons. The number of nitrogens with zero attached hydrogens (tertiary/aromatic N) is 1. The van der Waals surface area contributed by atoms with Gasteiger partial charge < -0.3 is 10.2 Å². The maximum Gasteiger partial charge on any atom is 0.227 e. The van der Waals surface area contributed by atoms with Gasteiger partial charge in [0.2, 0.25) is 11.8 Å². The molecule has 16 heavy (non-hydrogen) atoms. The first-order valence-corrected chi connectivity index (χ1v) is 5.87. The monoisotopic (exact) mass is 226 g/mol. The van der Waals surface area contributed by atoms with Crippen molar-refractivity contribution in [1.29, 1.82) is 0 Å². The largest absolute Gasteiger partial charge is 0.359 e. The van der Waals surface area contributed by atoms with Crippen LogP contribution in [0.25, 0.3) is 0 Å². The lowest BCUT2D eigenvalue weighted by atomic mass is 9.91. The Kier molecular flexibility index (Phi) is 3.94. The summed E-state index contributed by atoms with van der Waals surface area (Å²) in [5.74, 6) is 0.151. The molecule has 0 spiro atoms. The lowest BCUT2D eigenvalue weighted by Gasteiger charge is -2.35. The second-order valence-electron chi connectivity index (χ2n) is 5.45. The van der Waals surface area contributed by atoms with E-state index in [1.807, 2.05) is 25.7 Å². The molecule has 2 amide bonds. The summed E-state index contributed by atoms with van der Waals surface area (Å²) < 4.78 is 0. The van der Waals surface area contributed by atoms with Crippen molar-refractivity contribution < 1.29 is 9.59 Å². The quantitative estimate of drug-likeness (QED) is 0.725. The number of rotatable bonds is 1. The molecule has 4 heteroatoms. The van der Waals surface area contributed by atoms with Crippen LogP contribution in [-0.2, 0) is 9.59 Å². The van der Waals surface area contributed by atoms with Crippen molar-refractivity contribution in [3.05, 3.63) is 0 Å².